The third kappa shape index (κ3) is 2.35. The average molecular weight is 272 g/mol. The summed E-state index contributed by atoms with van der Waals surface area (Å²) in [5, 5.41) is 20.1. The lowest BCUT2D eigenvalue weighted by atomic mass is 10.2. The third-order valence-corrected chi connectivity index (χ3v) is 3.92. The minimum atomic E-state index is 0.581. The minimum Gasteiger partial charge on any atom is -0.350 e. The Labute approximate surface area is 114 Å². The zero-order valence-electron chi connectivity index (χ0n) is 10.2. The first-order valence-corrected chi connectivity index (χ1v) is 6.87. The summed E-state index contributed by atoms with van der Waals surface area (Å²) >= 11 is 1.65. The van der Waals surface area contributed by atoms with Crippen LogP contribution in [0.3, 0.4) is 0 Å². The van der Waals surface area contributed by atoms with Crippen LogP contribution < -0.4 is 9.80 Å². The second kappa shape index (κ2) is 5.20. The fourth-order valence-electron chi connectivity index (χ4n) is 2.13. The molecule has 96 valence electrons. The maximum atomic E-state index is 9.09. The third-order valence-electron chi connectivity index (χ3n) is 3.09. The lowest BCUT2D eigenvalue weighted by molar-refractivity contribution is 0.641. The Kier molecular flexibility index (Phi) is 3.25. The fraction of sp³-hybridized carbons (Fsp3) is 0.333. The summed E-state index contributed by atoms with van der Waals surface area (Å²) in [5.41, 5.74) is 0.581. The molecule has 0 amide bonds. The molecule has 2 aromatic heterocycles. The first kappa shape index (κ1) is 11.9. The van der Waals surface area contributed by atoms with E-state index in [1.807, 2.05) is 11.6 Å². The molecule has 0 spiro atoms. The largest absolute Gasteiger partial charge is 0.350 e. The van der Waals surface area contributed by atoms with Crippen molar-refractivity contribution in [2.45, 2.75) is 0 Å². The molecule has 0 unspecified atom stereocenters. The molecule has 0 aromatic carbocycles. The molecule has 1 aliphatic rings. The fourth-order valence-corrected chi connectivity index (χ4v) is 2.82. The number of hydrogen-bond donors (Lipinski definition) is 0. The van der Waals surface area contributed by atoms with Gasteiger partial charge in [-0.25, -0.2) is 4.98 Å². The molecule has 0 bridgehead atoms. The Morgan fingerprint density at radius 3 is 2.63 bits per heavy atom. The van der Waals surface area contributed by atoms with E-state index in [1.165, 1.54) is 0 Å². The van der Waals surface area contributed by atoms with Gasteiger partial charge in [-0.15, -0.1) is 16.4 Å². The van der Waals surface area contributed by atoms with E-state index in [9.17, 15) is 0 Å². The number of anilines is 2. The van der Waals surface area contributed by atoms with Crippen LogP contribution in [-0.2, 0) is 0 Å². The molecule has 0 aliphatic carbocycles. The molecular weight excluding hydrogens is 260 g/mol. The Hall–Kier alpha value is -2.20. The van der Waals surface area contributed by atoms with Crippen molar-refractivity contribution < 1.29 is 0 Å². The van der Waals surface area contributed by atoms with Gasteiger partial charge in [0.2, 0.25) is 0 Å². The molecule has 6 nitrogen and oxygen atoms in total. The van der Waals surface area contributed by atoms with E-state index in [1.54, 1.807) is 23.6 Å². The van der Waals surface area contributed by atoms with Crippen molar-refractivity contribution >= 4 is 22.3 Å². The highest BCUT2D eigenvalue weighted by atomic mass is 32.1. The lowest BCUT2D eigenvalue weighted by Crippen LogP contribution is -2.47. The van der Waals surface area contributed by atoms with Crippen molar-refractivity contribution in [2.75, 3.05) is 36.0 Å². The van der Waals surface area contributed by atoms with E-state index in [2.05, 4.69) is 31.1 Å². The van der Waals surface area contributed by atoms with Gasteiger partial charge in [-0.3, -0.25) is 0 Å². The van der Waals surface area contributed by atoms with Crippen molar-refractivity contribution in [3.05, 3.63) is 29.4 Å². The molecule has 1 saturated heterocycles. The van der Waals surface area contributed by atoms with Crippen molar-refractivity contribution in [2.24, 2.45) is 0 Å². The van der Waals surface area contributed by atoms with Gasteiger partial charge >= 0.3 is 0 Å². The first-order valence-electron chi connectivity index (χ1n) is 5.99. The molecule has 3 rings (SSSR count). The van der Waals surface area contributed by atoms with E-state index in [-0.39, 0.29) is 0 Å². The van der Waals surface area contributed by atoms with Gasteiger partial charge in [-0.2, -0.15) is 10.4 Å². The van der Waals surface area contributed by atoms with Crippen molar-refractivity contribution in [3.63, 3.8) is 0 Å². The summed E-state index contributed by atoms with van der Waals surface area (Å²) in [5.74, 6) is 0.684. The second-order valence-corrected chi connectivity index (χ2v) is 5.04. The van der Waals surface area contributed by atoms with Crippen LogP contribution in [0, 0.1) is 11.3 Å². The number of aromatic nitrogens is 3. The molecule has 0 radical (unpaired) electrons. The Morgan fingerprint density at radius 2 is 1.95 bits per heavy atom. The van der Waals surface area contributed by atoms with Gasteiger partial charge in [-0.1, -0.05) is 0 Å². The number of thiazole rings is 1. The monoisotopic (exact) mass is 272 g/mol. The minimum absolute atomic E-state index is 0.581. The van der Waals surface area contributed by atoms with E-state index >= 15 is 0 Å². The summed E-state index contributed by atoms with van der Waals surface area (Å²) in [4.78, 5) is 8.68. The van der Waals surface area contributed by atoms with Gasteiger partial charge in [0.25, 0.3) is 0 Å². The molecule has 1 fully saturated rings. The first-order chi connectivity index (χ1) is 9.38. The maximum Gasteiger partial charge on any atom is 0.185 e. The zero-order valence-corrected chi connectivity index (χ0v) is 11.0. The van der Waals surface area contributed by atoms with E-state index in [0.29, 0.717) is 11.4 Å². The van der Waals surface area contributed by atoms with Crippen molar-refractivity contribution in [1.82, 2.24) is 15.2 Å². The van der Waals surface area contributed by atoms with Gasteiger partial charge in [-0.05, 0) is 6.07 Å². The zero-order chi connectivity index (χ0) is 13.1. The van der Waals surface area contributed by atoms with Crippen LogP contribution in [0.5, 0.6) is 0 Å². The summed E-state index contributed by atoms with van der Waals surface area (Å²) in [6.07, 6.45) is 3.37. The number of piperazine rings is 1. The summed E-state index contributed by atoms with van der Waals surface area (Å²) < 4.78 is 0. The summed E-state index contributed by atoms with van der Waals surface area (Å²) in [6, 6.07) is 3.87. The molecule has 19 heavy (non-hydrogen) atoms. The molecule has 1 aliphatic heterocycles. The van der Waals surface area contributed by atoms with Gasteiger partial charge < -0.3 is 9.80 Å². The summed E-state index contributed by atoms with van der Waals surface area (Å²) in [7, 11) is 0. The number of rotatable bonds is 2. The molecule has 0 N–H and O–H groups in total. The van der Waals surface area contributed by atoms with Crippen LogP contribution in [-0.4, -0.2) is 41.4 Å². The second-order valence-electron chi connectivity index (χ2n) is 4.17. The highest BCUT2D eigenvalue weighted by molar-refractivity contribution is 7.13. The Morgan fingerprint density at radius 1 is 1.16 bits per heavy atom. The highest BCUT2D eigenvalue weighted by Crippen LogP contribution is 2.22. The normalized spacial score (nSPS) is 15.3. The molecule has 7 heteroatoms. The standard InChI is InChI=1S/C12H12N6S/c13-9-10-1-2-15-16-11(10)17-4-6-18(7-5-17)12-14-3-8-19-12/h1-3,8H,4-7H2. The molecular formula is C12H12N6S. The van der Waals surface area contributed by atoms with E-state index in [4.69, 9.17) is 5.26 Å². The van der Waals surface area contributed by atoms with E-state index < -0.39 is 0 Å². The van der Waals surface area contributed by atoms with Crippen LogP contribution in [0.25, 0.3) is 0 Å². The molecule has 2 aromatic rings. The molecule has 3 heterocycles. The van der Waals surface area contributed by atoms with Gasteiger partial charge in [0, 0.05) is 37.8 Å². The maximum absolute atomic E-state index is 9.09. The summed E-state index contributed by atoms with van der Waals surface area (Å²) in [6.45, 7) is 3.42. The Bertz CT molecular complexity index is 583. The quantitative estimate of drug-likeness (QED) is 0.816. The average Bonchev–Trinajstić information content (AvgIpc) is 3.02. The number of nitrogens with zero attached hydrogens (tertiary/aromatic N) is 6. The van der Waals surface area contributed by atoms with E-state index in [0.717, 1.165) is 31.3 Å². The van der Waals surface area contributed by atoms with Gasteiger partial charge in [0.05, 0.1) is 11.8 Å². The van der Waals surface area contributed by atoms with Crippen molar-refractivity contribution in [3.8, 4) is 6.07 Å². The van der Waals surface area contributed by atoms with Crippen LogP contribution in [0.2, 0.25) is 0 Å². The van der Waals surface area contributed by atoms with Crippen LogP contribution in [0.15, 0.2) is 23.8 Å². The predicted octanol–water partition coefficient (Wildman–Crippen LogP) is 1.13. The SMILES string of the molecule is N#Cc1ccnnc1N1CCN(c2nccs2)CC1. The molecule has 0 saturated carbocycles. The Balaban J connectivity index is 1.72. The van der Waals surface area contributed by atoms with Gasteiger partial charge in [0.1, 0.15) is 6.07 Å². The highest BCUT2D eigenvalue weighted by Gasteiger charge is 2.21. The number of hydrogen-bond acceptors (Lipinski definition) is 7. The lowest BCUT2D eigenvalue weighted by Gasteiger charge is -2.35. The molecule has 0 atom stereocenters. The topological polar surface area (TPSA) is 68.9 Å². The van der Waals surface area contributed by atoms with Gasteiger partial charge in [0.15, 0.2) is 10.9 Å². The van der Waals surface area contributed by atoms with Crippen LogP contribution in [0.4, 0.5) is 10.9 Å². The van der Waals surface area contributed by atoms with Crippen molar-refractivity contribution in [1.29, 1.82) is 5.26 Å². The predicted molar refractivity (Wildman–Crippen MR) is 73.3 cm³/mol. The van der Waals surface area contributed by atoms with Crippen LogP contribution in [0.1, 0.15) is 5.56 Å². The number of nitriles is 1. The smallest absolute Gasteiger partial charge is 0.185 e. The van der Waals surface area contributed by atoms with Crippen LogP contribution >= 0.6 is 11.3 Å².